The minimum atomic E-state index is -0.122. The van der Waals surface area contributed by atoms with Crippen LogP contribution in [0.4, 0.5) is 0 Å². The van der Waals surface area contributed by atoms with Crippen molar-refractivity contribution in [1.82, 2.24) is 0 Å². The van der Waals surface area contributed by atoms with Gasteiger partial charge in [0.1, 0.15) is 11.5 Å². The maximum absolute atomic E-state index is 5.51. The molecule has 2 nitrogen and oxygen atoms in total. The number of unbranched alkanes of at least 4 members (excludes halogenated alkanes) is 4. The Kier molecular flexibility index (Phi) is 9.30. The Balaban J connectivity index is 1.40. The van der Waals surface area contributed by atoms with E-state index < -0.39 is 0 Å². The van der Waals surface area contributed by atoms with Crippen molar-refractivity contribution in [3.05, 3.63) is 145 Å². The van der Waals surface area contributed by atoms with Crippen molar-refractivity contribution in [2.24, 2.45) is 0 Å². The highest BCUT2D eigenvalue weighted by atomic mass is 16.5. The Morgan fingerprint density at radius 2 is 0.764 bits per heavy atom. The first-order valence-corrected chi connectivity index (χ1v) is 20.4. The van der Waals surface area contributed by atoms with Gasteiger partial charge in [0.05, 0.1) is 14.2 Å². The molecule has 274 valence electrons. The van der Waals surface area contributed by atoms with Crippen LogP contribution in [-0.2, 0) is 5.41 Å². The van der Waals surface area contributed by atoms with Crippen LogP contribution in [0.3, 0.4) is 0 Å². The molecule has 0 heterocycles. The fraction of sp³-hybridized carbons (Fsp3) is 0.245. The van der Waals surface area contributed by atoms with Crippen LogP contribution in [-0.4, -0.2) is 14.2 Å². The van der Waals surface area contributed by atoms with Crippen LogP contribution in [0.2, 0.25) is 0 Å². The van der Waals surface area contributed by atoms with Gasteiger partial charge in [-0.1, -0.05) is 149 Å². The van der Waals surface area contributed by atoms with E-state index in [2.05, 4.69) is 147 Å². The molecule has 0 bridgehead atoms. The predicted molar refractivity (Wildman–Crippen MR) is 235 cm³/mol. The number of rotatable bonds is 12. The zero-order valence-corrected chi connectivity index (χ0v) is 32.7. The first kappa shape index (κ1) is 35.1. The first-order chi connectivity index (χ1) is 27.1. The van der Waals surface area contributed by atoms with E-state index in [1.807, 2.05) is 0 Å². The number of benzene rings is 8. The molecule has 0 radical (unpaired) electrons. The van der Waals surface area contributed by atoms with E-state index >= 15 is 0 Å². The Bertz CT molecular complexity index is 2500. The highest BCUT2D eigenvalue weighted by Crippen LogP contribution is 2.62. The van der Waals surface area contributed by atoms with Crippen LogP contribution in [0.1, 0.15) is 76.3 Å². The highest BCUT2D eigenvalue weighted by molar-refractivity contribution is 6.26. The topological polar surface area (TPSA) is 18.5 Å². The molecule has 0 spiro atoms. The van der Waals surface area contributed by atoms with Crippen LogP contribution >= 0.6 is 0 Å². The normalized spacial score (nSPS) is 13.1. The van der Waals surface area contributed by atoms with Crippen molar-refractivity contribution >= 4 is 43.1 Å². The predicted octanol–water partition coefficient (Wildman–Crippen LogP) is 15.1. The lowest BCUT2D eigenvalue weighted by Gasteiger charge is -2.35. The third-order valence-electron chi connectivity index (χ3n) is 12.5. The lowest BCUT2D eigenvalue weighted by atomic mass is 9.68. The van der Waals surface area contributed by atoms with E-state index in [1.165, 1.54) is 115 Å². The van der Waals surface area contributed by atoms with E-state index in [-0.39, 0.29) is 5.41 Å². The molecule has 2 heteroatoms. The van der Waals surface area contributed by atoms with E-state index in [9.17, 15) is 0 Å². The smallest absolute Gasteiger partial charge is 0.118 e. The highest BCUT2D eigenvalue weighted by Gasteiger charge is 2.46. The molecule has 0 saturated heterocycles. The second kappa shape index (κ2) is 14.6. The van der Waals surface area contributed by atoms with E-state index in [1.54, 1.807) is 25.3 Å². The molecule has 55 heavy (non-hydrogen) atoms. The van der Waals surface area contributed by atoms with Crippen LogP contribution < -0.4 is 9.47 Å². The summed E-state index contributed by atoms with van der Waals surface area (Å²) in [7, 11) is 3.46. The lowest BCUT2D eigenvalue weighted by molar-refractivity contribution is 0.410. The average molecular weight is 719 g/mol. The summed E-state index contributed by atoms with van der Waals surface area (Å²) < 4.78 is 11.0. The van der Waals surface area contributed by atoms with Gasteiger partial charge in [0, 0.05) is 5.41 Å². The molecule has 9 rings (SSSR count). The molecule has 0 fully saturated rings. The van der Waals surface area contributed by atoms with E-state index in [0.29, 0.717) is 0 Å². The monoisotopic (exact) mass is 718 g/mol. The second-order valence-electron chi connectivity index (χ2n) is 15.6. The molecule has 1 aliphatic rings. The lowest BCUT2D eigenvalue weighted by Crippen LogP contribution is -2.26. The van der Waals surface area contributed by atoms with E-state index in [0.717, 1.165) is 24.3 Å². The third-order valence-corrected chi connectivity index (χ3v) is 12.5. The summed E-state index contributed by atoms with van der Waals surface area (Å²) in [6, 6.07) is 50.0. The zero-order chi connectivity index (χ0) is 37.5. The van der Waals surface area contributed by atoms with Crippen LogP contribution in [0, 0.1) is 0 Å². The molecule has 1 aliphatic carbocycles. The van der Waals surface area contributed by atoms with Crippen LogP contribution in [0.15, 0.2) is 133 Å². The van der Waals surface area contributed by atoms with Gasteiger partial charge in [-0.2, -0.15) is 0 Å². The molecule has 0 amide bonds. The van der Waals surface area contributed by atoms with Gasteiger partial charge in [-0.15, -0.1) is 0 Å². The Hall–Kier alpha value is -5.60. The van der Waals surface area contributed by atoms with Gasteiger partial charge in [-0.05, 0) is 137 Å². The SMILES string of the molecule is CCCCCC1(CCCCC)c2c(c3ccccc3c3cc(-c4ccc(OC)cc4)ccc23)-c2c1c1ccc(-c3ccc(OC)cc3)cc1c1ccccc21. The molecule has 0 aromatic heterocycles. The maximum Gasteiger partial charge on any atom is 0.118 e. The summed E-state index contributed by atoms with van der Waals surface area (Å²) in [4.78, 5) is 0. The zero-order valence-electron chi connectivity index (χ0n) is 32.7. The molecule has 0 atom stereocenters. The average Bonchev–Trinajstić information content (AvgIpc) is 3.55. The minimum Gasteiger partial charge on any atom is -0.497 e. The molecular weight excluding hydrogens is 669 g/mol. The summed E-state index contributed by atoms with van der Waals surface area (Å²) in [6.45, 7) is 4.68. The van der Waals surface area contributed by atoms with Gasteiger partial charge in [0.15, 0.2) is 0 Å². The summed E-state index contributed by atoms with van der Waals surface area (Å²) in [5.41, 5.74) is 10.8. The van der Waals surface area contributed by atoms with Crippen molar-refractivity contribution in [3.63, 3.8) is 0 Å². The first-order valence-electron chi connectivity index (χ1n) is 20.4. The third kappa shape index (κ3) is 5.77. The van der Waals surface area contributed by atoms with Gasteiger partial charge in [-0.25, -0.2) is 0 Å². The van der Waals surface area contributed by atoms with Crippen LogP contribution in [0.25, 0.3) is 76.5 Å². The number of fused-ring (bicyclic) bond motifs is 13. The fourth-order valence-electron chi connectivity index (χ4n) is 9.92. The van der Waals surface area contributed by atoms with Gasteiger partial charge in [0.2, 0.25) is 0 Å². The molecular formula is C53H50O2. The maximum atomic E-state index is 5.51. The Morgan fingerprint density at radius 3 is 1.15 bits per heavy atom. The molecule has 0 N–H and O–H groups in total. The van der Waals surface area contributed by atoms with Gasteiger partial charge in [-0.3, -0.25) is 0 Å². The number of ether oxygens (including phenoxy) is 2. The van der Waals surface area contributed by atoms with Crippen molar-refractivity contribution in [2.45, 2.75) is 70.6 Å². The minimum absolute atomic E-state index is 0.122. The summed E-state index contributed by atoms with van der Waals surface area (Å²) in [5.74, 6) is 1.76. The van der Waals surface area contributed by atoms with Crippen molar-refractivity contribution in [3.8, 4) is 44.9 Å². The van der Waals surface area contributed by atoms with Gasteiger partial charge in [0.25, 0.3) is 0 Å². The Morgan fingerprint density at radius 1 is 0.382 bits per heavy atom. The largest absolute Gasteiger partial charge is 0.497 e. The number of methoxy groups -OCH3 is 2. The molecule has 8 aromatic carbocycles. The van der Waals surface area contributed by atoms with Crippen molar-refractivity contribution in [1.29, 1.82) is 0 Å². The summed E-state index contributed by atoms with van der Waals surface area (Å²) in [6.07, 6.45) is 9.59. The fourth-order valence-corrected chi connectivity index (χ4v) is 9.92. The van der Waals surface area contributed by atoms with E-state index in [4.69, 9.17) is 9.47 Å². The molecule has 0 aliphatic heterocycles. The van der Waals surface area contributed by atoms with Gasteiger partial charge < -0.3 is 9.47 Å². The summed E-state index contributed by atoms with van der Waals surface area (Å²) >= 11 is 0. The molecule has 0 saturated carbocycles. The standard InChI is InChI=1S/C53H50O2/c1-5-7-13-31-53(32-14-8-6-2)51-45-29-23-37(35-19-25-39(54-3)26-20-35)33-47(45)41-15-9-11-17-43(41)49(51)50-44-18-12-10-16-42(44)48-34-38(24-30-46(48)52(50)53)36-21-27-40(55-4)28-22-36/h9-12,15-30,33-34H,5-8,13-14,31-32H2,1-4H3. The van der Waals surface area contributed by atoms with Crippen LogP contribution in [0.5, 0.6) is 11.5 Å². The molecule has 0 unspecified atom stereocenters. The van der Waals surface area contributed by atoms with Gasteiger partial charge >= 0.3 is 0 Å². The number of hydrogen-bond donors (Lipinski definition) is 0. The quantitative estimate of drug-likeness (QED) is 0.0925. The Labute approximate surface area is 325 Å². The summed E-state index contributed by atoms with van der Waals surface area (Å²) in [5, 5.41) is 10.9. The number of hydrogen-bond acceptors (Lipinski definition) is 2. The molecule has 8 aromatic rings. The van der Waals surface area contributed by atoms with Crippen molar-refractivity contribution < 1.29 is 9.47 Å². The second-order valence-corrected chi connectivity index (χ2v) is 15.6. The van der Waals surface area contributed by atoms with Crippen molar-refractivity contribution in [2.75, 3.05) is 14.2 Å².